The SMILES string of the molecule is C#Cc1cc(OC)ccc1-c1ccc(C)cc1. The van der Waals surface area contributed by atoms with Crippen LogP contribution in [-0.4, -0.2) is 7.11 Å². The summed E-state index contributed by atoms with van der Waals surface area (Å²) < 4.78 is 5.17. The molecule has 0 aliphatic carbocycles. The molecule has 0 radical (unpaired) electrons. The lowest BCUT2D eigenvalue weighted by Gasteiger charge is -2.07. The average molecular weight is 222 g/mol. The summed E-state index contributed by atoms with van der Waals surface area (Å²) >= 11 is 0. The van der Waals surface area contributed by atoms with Gasteiger partial charge in [0, 0.05) is 5.56 Å². The molecule has 0 bridgehead atoms. The maximum atomic E-state index is 5.54. The average Bonchev–Trinajstić information content (AvgIpc) is 2.39. The molecule has 2 rings (SSSR count). The van der Waals surface area contributed by atoms with E-state index in [0.29, 0.717) is 0 Å². The third-order valence-electron chi connectivity index (χ3n) is 2.74. The highest BCUT2D eigenvalue weighted by Gasteiger charge is 2.04. The summed E-state index contributed by atoms with van der Waals surface area (Å²) in [6.45, 7) is 2.07. The second-order valence-corrected chi connectivity index (χ2v) is 3.92. The van der Waals surface area contributed by atoms with E-state index >= 15 is 0 Å². The molecule has 0 amide bonds. The molecule has 17 heavy (non-hydrogen) atoms. The summed E-state index contributed by atoms with van der Waals surface area (Å²) in [7, 11) is 1.64. The van der Waals surface area contributed by atoms with Gasteiger partial charge in [-0.1, -0.05) is 35.7 Å². The van der Waals surface area contributed by atoms with E-state index < -0.39 is 0 Å². The zero-order valence-electron chi connectivity index (χ0n) is 10.0. The van der Waals surface area contributed by atoms with Crippen molar-refractivity contribution >= 4 is 0 Å². The minimum absolute atomic E-state index is 0.786. The van der Waals surface area contributed by atoms with Crippen molar-refractivity contribution in [2.75, 3.05) is 7.11 Å². The normalized spacial score (nSPS) is 9.71. The third-order valence-corrected chi connectivity index (χ3v) is 2.74. The Morgan fingerprint density at radius 1 is 1.06 bits per heavy atom. The summed E-state index contributed by atoms with van der Waals surface area (Å²) in [4.78, 5) is 0. The molecule has 0 N–H and O–H groups in total. The Hall–Kier alpha value is -2.20. The van der Waals surface area contributed by atoms with Crippen molar-refractivity contribution in [2.45, 2.75) is 6.92 Å². The van der Waals surface area contributed by atoms with Crippen molar-refractivity contribution in [2.24, 2.45) is 0 Å². The number of aryl methyl sites for hydroxylation is 1. The summed E-state index contributed by atoms with van der Waals surface area (Å²) in [5.74, 6) is 3.49. The van der Waals surface area contributed by atoms with Gasteiger partial charge in [-0.2, -0.15) is 0 Å². The van der Waals surface area contributed by atoms with Gasteiger partial charge in [-0.15, -0.1) is 6.42 Å². The number of rotatable bonds is 2. The largest absolute Gasteiger partial charge is 0.497 e. The Bertz CT molecular complexity index is 559. The number of methoxy groups -OCH3 is 1. The van der Waals surface area contributed by atoms with E-state index in [4.69, 9.17) is 11.2 Å². The van der Waals surface area contributed by atoms with Crippen molar-refractivity contribution in [3.05, 3.63) is 53.6 Å². The van der Waals surface area contributed by atoms with Crippen LogP contribution in [0.15, 0.2) is 42.5 Å². The van der Waals surface area contributed by atoms with Crippen LogP contribution >= 0.6 is 0 Å². The monoisotopic (exact) mass is 222 g/mol. The zero-order chi connectivity index (χ0) is 12.3. The van der Waals surface area contributed by atoms with Gasteiger partial charge < -0.3 is 4.74 Å². The highest BCUT2D eigenvalue weighted by molar-refractivity contribution is 5.72. The van der Waals surface area contributed by atoms with E-state index in [1.165, 1.54) is 5.56 Å². The topological polar surface area (TPSA) is 9.23 Å². The molecule has 1 heteroatoms. The number of terminal acetylenes is 1. The zero-order valence-corrected chi connectivity index (χ0v) is 10.0. The van der Waals surface area contributed by atoms with E-state index in [1.54, 1.807) is 7.11 Å². The first-order valence-electron chi connectivity index (χ1n) is 5.46. The van der Waals surface area contributed by atoms with Gasteiger partial charge in [-0.25, -0.2) is 0 Å². The Balaban J connectivity index is 2.52. The van der Waals surface area contributed by atoms with Gasteiger partial charge >= 0.3 is 0 Å². The van der Waals surface area contributed by atoms with E-state index in [0.717, 1.165) is 22.4 Å². The lowest BCUT2D eigenvalue weighted by atomic mass is 9.99. The van der Waals surface area contributed by atoms with Crippen LogP contribution in [-0.2, 0) is 0 Å². The quantitative estimate of drug-likeness (QED) is 0.705. The summed E-state index contributed by atoms with van der Waals surface area (Å²) in [5.41, 5.74) is 4.29. The predicted octanol–water partition coefficient (Wildman–Crippen LogP) is 3.65. The van der Waals surface area contributed by atoms with Crippen LogP contribution < -0.4 is 4.74 Å². The van der Waals surface area contributed by atoms with Crippen molar-refractivity contribution in [1.29, 1.82) is 0 Å². The fourth-order valence-corrected chi connectivity index (χ4v) is 1.75. The Morgan fingerprint density at radius 3 is 2.35 bits per heavy atom. The molecule has 0 aliphatic heterocycles. The summed E-state index contributed by atoms with van der Waals surface area (Å²) in [6.07, 6.45) is 5.54. The van der Waals surface area contributed by atoms with Gasteiger partial charge in [-0.3, -0.25) is 0 Å². The first-order valence-corrected chi connectivity index (χ1v) is 5.46. The van der Waals surface area contributed by atoms with Gasteiger partial charge in [0.2, 0.25) is 0 Å². The molecule has 0 saturated heterocycles. The van der Waals surface area contributed by atoms with Crippen LogP contribution in [0.3, 0.4) is 0 Å². The Labute approximate surface area is 102 Å². The third kappa shape index (κ3) is 2.32. The molecule has 0 saturated carbocycles. The molecule has 0 atom stereocenters. The second kappa shape index (κ2) is 4.76. The minimum atomic E-state index is 0.786. The molecule has 0 unspecified atom stereocenters. The molecule has 0 aromatic heterocycles. The minimum Gasteiger partial charge on any atom is -0.497 e. The van der Waals surface area contributed by atoms with Crippen molar-refractivity contribution in [1.82, 2.24) is 0 Å². The van der Waals surface area contributed by atoms with E-state index in [9.17, 15) is 0 Å². The van der Waals surface area contributed by atoms with Crippen LogP contribution in [0.4, 0.5) is 0 Å². The number of hydrogen-bond donors (Lipinski definition) is 0. The fourth-order valence-electron chi connectivity index (χ4n) is 1.75. The van der Waals surface area contributed by atoms with E-state index in [2.05, 4.69) is 37.1 Å². The molecular weight excluding hydrogens is 208 g/mol. The Kier molecular flexibility index (Phi) is 3.16. The molecule has 2 aromatic rings. The van der Waals surface area contributed by atoms with Gasteiger partial charge in [0.1, 0.15) is 5.75 Å². The maximum Gasteiger partial charge on any atom is 0.120 e. The van der Waals surface area contributed by atoms with Crippen molar-refractivity contribution in [3.8, 4) is 29.2 Å². The molecule has 0 spiro atoms. The smallest absolute Gasteiger partial charge is 0.120 e. The second-order valence-electron chi connectivity index (χ2n) is 3.92. The Morgan fingerprint density at radius 2 is 1.76 bits per heavy atom. The van der Waals surface area contributed by atoms with Crippen LogP contribution in [0.5, 0.6) is 5.75 Å². The van der Waals surface area contributed by atoms with E-state index in [1.807, 2.05) is 18.2 Å². The number of benzene rings is 2. The van der Waals surface area contributed by atoms with Crippen LogP contribution in [0.25, 0.3) is 11.1 Å². The summed E-state index contributed by atoms with van der Waals surface area (Å²) in [5, 5.41) is 0. The molecular formula is C16H14O. The maximum absolute atomic E-state index is 5.54. The molecule has 0 fully saturated rings. The first-order chi connectivity index (χ1) is 8.24. The standard InChI is InChI=1S/C16H14O/c1-4-13-11-15(17-3)9-10-16(13)14-7-5-12(2)6-8-14/h1,5-11H,2-3H3. The number of hydrogen-bond acceptors (Lipinski definition) is 1. The van der Waals surface area contributed by atoms with E-state index in [-0.39, 0.29) is 0 Å². The predicted molar refractivity (Wildman–Crippen MR) is 71.1 cm³/mol. The lowest BCUT2D eigenvalue weighted by molar-refractivity contribution is 0.415. The van der Waals surface area contributed by atoms with Gasteiger partial charge in [0.05, 0.1) is 7.11 Å². The van der Waals surface area contributed by atoms with Gasteiger partial charge in [0.25, 0.3) is 0 Å². The number of ether oxygens (including phenoxy) is 1. The van der Waals surface area contributed by atoms with Gasteiger partial charge in [-0.05, 0) is 36.2 Å². The van der Waals surface area contributed by atoms with Crippen LogP contribution in [0.1, 0.15) is 11.1 Å². The summed E-state index contributed by atoms with van der Waals surface area (Å²) in [6, 6.07) is 14.1. The van der Waals surface area contributed by atoms with Gasteiger partial charge in [0.15, 0.2) is 0 Å². The lowest BCUT2D eigenvalue weighted by Crippen LogP contribution is -1.88. The molecule has 0 heterocycles. The van der Waals surface area contributed by atoms with Crippen molar-refractivity contribution < 1.29 is 4.74 Å². The first kappa shape index (κ1) is 11.3. The fraction of sp³-hybridized carbons (Fsp3) is 0.125. The van der Waals surface area contributed by atoms with Crippen LogP contribution in [0.2, 0.25) is 0 Å². The molecule has 0 aliphatic rings. The van der Waals surface area contributed by atoms with Crippen molar-refractivity contribution in [3.63, 3.8) is 0 Å². The molecule has 2 aromatic carbocycles. The molecule has 1 nitrogen and oxygen atoms in total. The highest BCUT2D eigenvalue weighted by atomic mass is 16.5. The van der Waals surface area contributed by atoms with Crippen LogP contribution in [0, 0.1) is 19.3 Å². The molecule has 84 valence electrons. The highest BCUT2D eigenvalue weighted by Crippen LogP contribution is 2.27.